The Morgan fingerprint density at radius 1 is 0.900 bits per heavy atom. The van der Waals surface area contributed by atoms with Crippen molar-refractivity contribution in [3.05, 3.63) is 54.1 Å². The van der Waals surface area contributed by atoms with Gasteiger partial charge in [0.2, 0.25) is 0 Å². The number of ether oxygens (including phenoxy) is 1. The van der Waals surface area contributed by atoms with Crippen LogP contribution in [0.15, 0.2) is 48.5 Å². The summed E-state index contributed by atoms with van der Waals surface area (Å²) in [7, 11) is 0. The third kappa shape index (κ3) is 2.84. The predicted molar refractivity (Wildman–Crippen MR) is 82.4 cm³/mol. The maximum absolute atomic E-state index is 6.12. The molecule has 0 saturated carbocycles. The number of morpholine rings is 1. The van der Waals surface area contributed by atoms with Crippen molar-refractivity contribution in [2.45, 2.75) is 6.54 Å². The summed E-state index contributed by atoms with van der Waals surface area (Å²) in [4.78, 5) is 2.43. The van der Waals surface area contributed by atoms with E-state index < -0.39 is 0 Å². The molecule has 2 N–H and O–H groups in total. The van der Waals surface area contributed by atoms with Gasteiger partial charge in [0, 0.05) is 30.9 Å². The number of nitrogen functional groups attached to an aromatic ring is 1. The maximum Gasteiger partial charge on any atom is 0.0594 e. The average Bonchev–Trinajstić information content (AvgIpc) is 2.50. The number of anilines is 1. The van der Waals surface area contributed by atoms with Crippen molar-refractivity contribution in [2.75, 3.05) is 32.0 Å². The van der Waals surface area contributed by atoms with Gasteiger partial charge in [-0.15, -0.1) is 0 Å². The number of hydrogen-bond acceptors (Lipinski definition) is 3. The van der Waals surface area contributed by atoms with Gasteiger partial charge in [-0.1, -0.05) is 42.5 Å². The molecule has 1 heterocycles. The van der Waals surface area contributed by atoms with Crippen LogP contribution in [0, 0.1) is 0 Å². The molecule has 1 aliphatic rings. The lowest BCUT2D eigenvalue weighted by Gasteiger charge is -2.27. The molecule has 2 aromatic carbocycles. The van der Waals surface area contributed by atoms with Gasteiger partial charge in [-0.2, -0.15) is 0 Å². The number of nitrogens with zero attached hydrogens (tertiary/aromatic N) is 1. The Morgan fingerprint density at radius 3 is 2.30 bits per heavy atom. The molecule has 0 bridgehead atoms. The lowest BCUT2D eigenvalue weighted by molar-refractivity contribution is 0.0342. The zero-order valence-electron chi connectivity index (χ0n) is 11.6. The van der Waals surface area contributed by atoms with Gasteiger partial charge in [-0.3, -0.25) is 4.90 Å². The van der Waals surface area contributed by atoms with Crippen LogP contribution < -0.4 is 5.73 Å². The molecule has 0 radical (unpaired) electrons. The molecule has 0 aliphatic carbocycles. The van der Waals surface area contributed by atoms with Crippen LogP contribution >= 0.6 is 0 Å². The third-order valence-electron chi connectivity index (χ3n) is 3.77. The second-order valence-corrected chi connectivity index (χ2v) is 5.13. The highest BCUT2D eigenvalue weighted by atomic mass is 16.5. The van der Waals surface area contributed by atoms with Crippen LogP contribution in [0.2, 0.25) is 0 Å². The molecule has 0 spiro atoms. The monoisotopic (exact) mass is 268 g/mol. The van der Waals surface area contributed by atoms with Crippen LogP contribution in [-0.2, 0) is 11.3 Å². The Kier molecular flexibility index (Phi) is 4.00. The van der Waals surface area contributed by atoms with Crippen LogP contribution in [0.5, 0.6) is 0 Å². The number of rotatable bonds is 3. The van der Waals surface area contributed by atoms with Gasteiger partial charge in [0.05, 0.1) is 13.2 Å². The quantitative estimate of drug-likeness (QED) is 0.870. The van der Waals surface area contributed by atoms with Crippen molar-refractivity contribution in [1.29, 1.82) is 0 Å². The second kappa shape index (κ2) is 6.07. The number of para-hydroxylation sites is 1. The summed E-state index contributed by atoms with van der Waals surface area (Å²) in [6, 6.07) is 16.6. The SMILES string of the molecule is Nc1ccccc1-c1ccccc1CN1CCOCC1. The van der Waals surface area contributed by atoms with Crippen molar-refractivity contribution in [3.63, 3.8) is 0 Å². The van der Waals surface area contributed by atoms with Gasteiger partial charge in [0.25, 0.3) is 0 Å². The molecule has 2 aromatic rings. The van der Waals surface area contributed by atoms with E-state index in [1.807, 2.05) is 18.2 Å². The third-order valence-corrected chi connectivity index (χ3v) is 3.77. The van der Waals surface area contributed by atoms with E-state index in [1.54, 1.807) is 0 Å². The summed E-state index contributed by atoms with van der Waals surface area (Å²) >= 11 is 0. The largest absolute Gasteiger partial charge is 0.398 e. The summed E-state index contributed by atoms with van der Waals surface area (Å²) in [6.07, 6.45) is 0. The molecular weight excluding hydrogens is 248 g/mol. The highest BCUT2D eigenvalue weighted by Crippen LogP contribution is 2.29. The fraction of sp³-hybridized carbons (Fsp3) is 0.294. The summed E-state index contributed by atoms with van der Waals surface area (Å²) in [6.45, 7) is 4.61. The van der Waals surface area contributed by atoms with Crippen molar-refractivity contribution in [2.24, 2.45) is 0 Å². The Morgan fingerprint density at radius 2 is 1.55 bits per heavy atom. The first-order valence-corrected chi connectivity index (χ1v) is 7.07. The molecule has 3 nitrogen and oxygen atoms in total. The first kappa shape index (κ1) is 13.2. The molecule has 104 valence electrons. The lowest BCUT2D eigenvalue weighted by atomic mass is 9.98. The Hall–Kier alpha value is -1.84. The van der Waals surface area contributed by atoms with E-state index in [0.29, 0.717) is 0 Å². The fourth-order valence-electron chi connectivity index (χ4n) is 2.66. The smallest absolute Gasteiger partial charge is 0.0594 e. The second-order valence-electron chi connectivity index (χ2n) is 5.13. The van der Waals surface area contributed by atoms with E-state index >= 15 is 0 Å². The number of benzene rings is 2. The molecule has 20 heavy (non-hydrogen) atoms. The van der Waals surface area contributed by atoms with Crippen molar-refractivity contribution < 1.29 is 4.74 Å². The van der Waals surface area contributed by atoms with Crippen LogP contribution in [0.3, 0.4) is 0 Å². The first-order chi connectivity index (χ1) is 9.84. The number of hydrogen-bond donors (Lipinski definition) is 1. The van der Waals surface area contributed by atoms with E-state index in [2.05, 4.69) is 35.2 Å². The van der Waals surface area contributed by atoms with E-state index in [-0.39, 0.29) is 0 Å². The van der Waals surface area contributed by atoms with Crippen molar-refractivity contribution in [3.8, 4) is 11.1 Å². The zero-order chi connectivity index (χ0) is 13.8. The Labute approximate surface area is 120 Å². The Bertz CT molecular complexity index is 577. The fourth-order valence-corrected chi connectivity index (χ4v) is 2.66. The van der Waals surface area contributed by atoms with E-state index in [9.17, 15) is 0 Å². The maximum atomic E-state index is 6.12. The Balaban J connectivity index is 1.90. The molecule has 0 aromatic heterocycles. The minimum Gasteiger partial charge on any atom is -0.398 e. The normalized spacial score (nSPS) is 16.2. The molecule has 0 atom stereocenters. The van der Waals surface area contributed by atoms with Crippen LogP contribution in [0.4, 0.5) is 5.69 Å². The van der Waals surface area contributed by atoms with Gasteiger partial charge < -0.3 is 10.5 Å². The van der Waals surface area contributed by atoms with E-state index in [0.717, 1.165) is 44.1 Å². The highest BCUT2D eigenvalue weighted by molar-refractivity contribution is 5.78. The standard InChI is InChI=1S/C17H20N2O/c18-17-8-4-3-7-16(17)15-6-2-1-5-14(15)13-19-9-11-20-12-10-19/h1-8H,9-13,18H2. The summed E-state index contributed by atoms with van der Waals surface area (Å²) in [5.41, 5.74) is 10.6. The molecule has 0 amide bonds. The van der Waals surface area contributed by atoms with E-state index in [1.165, 1.54) is 11.1 Å². The lowest BCUT2D eigenvalue weighted by Crippen LogP contribution is -2.35. The van der Waals surface area contributed by atoms with Gasteiger partial charge in [-0.25, -0.2) is 0 Å². The minimum atomic E-state index is 0.829. The highest BCUT2D eigenvalue weighted by Gasteiger charge is 2.14. The molecule has 1 fully saturated rings. The van der Waals surface area contributed by atoms with Gasteiger partial charge in [0.1, 0.15) is 0 Å². The topological polar surface area (TPSA) is 38.5 Å². The predicted octanol–water partition coefficient (Wildman–Crippen LogP) is 2.77. The van der Waals surface area contributed by atoms with Gasteiger partial charge in [-0.05, 0) is 17.2 Å². The molecule has 0 unspecified atom stereocenters. The van der Waals surface area contributed by atoms with Crippen LogP contribution in [0.25, 0.3) is 11.1 Å². The molecule has 1 aliphatic heterocycles. The molecule has 3 rings (SSSR count). The van der Waals surface area contributed by atoms with Crippen LogP contribution in [-0.4, -0.2) is 31.2 Å². The summed E-state index contributed by atoms with van der Waals surface area (Å²) < 4.78 is 5.41. The van der Waals surface area contributed by atoms with Gasteiger partial charge in [0.15, 0.2) is 0 Å². The molecule has 1 saturated heterocycles. The number of nitrogens with two attached hydrogens (primary N) is 1. The minimum absolute atomic E-state index is 0.829. The molecule has 3 heteroatoms. The van der Waals surface area contributed by atoms with Gasteiger partial charge >= 0.3 is 0 Å². The summed E-state index contributed by atoms with van der Waals surface area (Å²) in [5.74, 6) is 0. The van der Waals surface area contributed by atoms with Crippen molar-refractivity contribution in [1.82, 2.24) is 4.90 Å². The first-order valence-electron chi connectivity index (χ1n) is 7.07. The summed E-state index contributed by atoms with van der Waals surface area (Å²) in [5, 5.41) is 0. The zero-order valence-corrected chi connectivity index (χ0v) is 11.6. The van der Waals surface area contributed by atoms with E-state index in [4.69, 9.17) is 10.5 Å². The molecular formula is C17H20N2O. The van der Waals surface area contributed by atoms with Crippen LogP contribution in [0.1, 0.15) is 5.56 Å². The average molecular weight is 268 g/mol. The van der Waals surface area contributed by atoms with Crippen molar-refractivity contribution >= 4 is 5.69 Å².